The van der Waals surface area contributed by atoms with E-state index in [1.165, 1.54) is 11.1 Å². The quantitative estimate of drug-likeness (QED) is 0.750. The summed E-state index contributed by atoms with van der Waals surface area (Å²) in [5, 5.41) is 3.15. The third kappa shape index (κ3) is 3.56. The zero-order valence-electron chi connectivity index (χ0n) is 15.9. The average Bonchev–Trinajstić information content (AvgIpc) is 2.74. The second-order valence-electron chi connectivity index (χ2n) is 6.87. The molecule has 1 aliphatic rings. The van der Waals surface area contributed by atoms with Gasteiger partial charge in [-0.1, -0.05) is 30.3 Å². The summed E-state index contributed by atoms with van der Waals surface area (Å²) in [7, 11) is 0. The minimum atomic E-state index is -0.319. The summed E-state index contributed by atoms with van der Waals surface area (Å²) in [4.78, 5) is 17.4. The van der Waals surface area contributed by atoms with Crippen LogP contribution < -0.4 is 14.8 Å². The van der Waals surface area contributed by atoms with Gasteiger partial charge in [-0.3, -0.25) is 9.78 Å². The van der Waals surface area contributed by atoms with E-state index in [2.05, 4.69) is 36.3 Å². The minimum Gasteiger partial charge on any atom is -0.486 e. The van der Waals surface area contributed by atoms with Crippen LogP contribution in [0.2, 0.25) is 0 Å². The number of para-hydroxylation sites is 1. The maximum Gasteiger partial charge on any atom is 0.255 e. The summed E-state index contributed by atoms with van der Waals surface area (Å²) in [5.41, 5.74) is 4.78. The Morgan fingerprint density at radius 2 is 1.86 bits per heavy atom. The fourth-order valence-electron chi connectivity index (χ4n) is 3.31. The van der Waals surface area contributed by atoms with Crippen LogP contribution >= 0.6 is 0 Å². The Labute approximate surface area is 164 Å². The lowest BCUT2D eigenvalue weighted by Crippen LogP contribution is -2.30. The number of aromatic nitrogens is 1. The van der Waals surface area contributed by atoms with Crippen LogP contribution in [-0.2, 0) is 0 Å². The minimum absolute atomic E-state index is 0.213. The van der Waals surface area contributed by atoms with Crippen LogP contribution in [0.15, 0.2) is 60.9 Å². The lowest BCUT2D eigenvalue weighted by molar-refractivity contribution is 0.0932. The smallest absolute Gasteiger partial charge is 0.255 e. The van der Waals surface area contributed by atoms with E-state index >= 15 is 0 Å². The van der Waals surface area contributed by atoms with Crippen molar-refractivity contribution in [1.29, 1.82) is 0 Å². The van der Waals surface area contributed by atoms with Gasteiger partial charge < -0.3 is 14.8 Å². The lowest BCUT2D eigenvalue weighted by Gasteiger charge is -2.23. The van der Waals surface area contributed by atoms with E-state index in [-0.39, 0.29) is 11.9 Å². The number of benzene rings is 2. The molecule has 0 bridgehead atoms. The lowest BCUT2D eigenvalue weighted by atomic mass is 9.96. The number of amides is 1. The fraction of sp³-hybridized carbons (Fsp3) is 0.217. The van der Waals surface area contributed by atoms with Crippen LogP contribution in [0.3, 0.4) is 0 Å². The fourth-order valence-corrected chi connectivity index (χ4v) is 3.31. The summed E-state index contributed by atoms with van der Waals surface area (Å²) >= 11 is 0. The first-order chi connectivity index (χ1) is 13.6. The van der Waals surface area contributed by atoms with Gasteiger partial charge in [-0.05, 0) is 54.3 Å². The van der Waals surface area contributed by atoms with E-state index in [4.69, 9.17) is 9.47 Å². The predicted octanol–water partition coefficient (Wildman–Crippen LogP) is 3.99. The van der Waals surface area contributed by atoms with Crippen molar-refractivity contribution in [1.82, 2.24) is 10.3 Å². The van der Waals surface area contributed by atoms with Crippen LogP contribution in [0.1, 0.15) is 38.7 Å². The van der Waals surface area contributed by atoms with Crippen LogP contribution in [0, 0.1) is 13.8 Å². The van der Waals surface area contributed by atoms with Crippen molar-refractivity contribution in [2.45, 2.75) is 19.9 Å². The van der Waals surface area contributed by atoms with Crippen LogP contribution in [0.5, 0.6) is 11.5 Å². The molecule has 1 aromatic heterocycles. The molecule has 142 valence electrons. The Morgan fingerprint density at radius 1 is 1.00 bits per heavy atom. The van der Waals surface area contributed by atoms with Crippen LogP contribution in [0.4, 0.5) is 0 Å². The van der Waals surface area contributed by atoms with Crippen molar-refractivity contribution >= 4 is 5.91 Å². The van der Waals surface area contributed by atoms with Crippen LogP contribution in [0.25, 0.3) is 0 Å². The van der Waals surface area contributed by atoms with Crippen molar-refractivity contribution in [2.24, 2.45) is 0 Å². The number of pyridine rings is 1. The molecule has 0 aliphatic carbocycles. The standard InChI is InChI=1S/C23H22N2O3/c1-15-8-9-17(13-16(15)2)21(18-5-4-10-24-14-18)25-23(26)19-6-3-7-20-22(19)28-12-11-27-20/h3-10,13-14,21H,11-12H2,1-2H3,(H,25,26). The Balaban J connectivity index is 1.70. The molecule has 1 aliphatic heterocycles. The number of fused-ring (bicyclic) bond motifs is 1. The summed E-state index contributed by atoms with van der Waals surface area (Å²) in [6.45, 7) is 5.06. The first kappa shape index (κ1) is 18.0. The Morgan fingerprint density at radius 3 is 2.64 bits per heavy atom. The summed E-state index contributed by atoms with van der Waals surface area (Å²) in [5.74, 6) is 0.883. The zero-order chi connectivity index (χ0) is 19.5. The first-order valence-corrected chi connectivity index (χ1v) is 9.30. The molecule has 0 radical (unpaired) electrons. The van der Waals surface area contributed by atoms with Crippen molar-refractivity contribution in [3.8, 4) is 11.5 Å². The van der Waals surface area contributed by atoms with E-state index in [0.29, 0.717) is 30.3 Å². The van der Waals surface area contributed by atoms with E-state index in [0.717, 1.165) is 11.1 Å². The molecule has 1 unspecified atom stereocenters. The Bertz CT molecular complexity index is 1000. The Hall–Kier alpha value is -3.34. The van der Waals surface area contributed by atoms with E-state index < -0.39 is 0 Å². The maximum atomic E-state index is 13.2. The molecule has 1 amide bonds. The van der Waals surface area contributed by atoms with E-state index in [9.17, 15) is 4.79 Å². The highest BCUT2D eigenvalue weighted by molar-refractivity contribution is 5.98. The molecular weight excluding hydrogens is 352 g/mol. The molecule has 1 atom stereocenters. The Kier molecular flexibility index (Phi) is 4.98. The van der Waals surface area contributed by atoms with Gasteiger partial charge in [0.2, 0.25) is 0 Å². The molecule has 5 nitrogen and oxygen atoms in total. The number of aryl methyl sites for hydroxylation is 2. The van der Waals surface area contributed by atoms with Gasteiger partial charge in [0.05, 0.1) is 11.6 Å². The van der Waals surface area contributed by atoms with Gasteiger partial charge in [0.1, 0.15) is 13.2 Å². The number of rotatable bonds is 4. The number of carbonyl (C=O) groups is 1. The second kappa shape index (κ2) is 7.72. The number of carbonyl (C=O) groups excluding carboxylic acids is 1. The number of ether oxygens (including phenoxy) is 2. The molecule has 4 rings (SSSR count). The SMILES string of the molecule is Cc1ccc(C(NC(=O)c2cccc3c2OCCO3)c2cccnc2)cc1C. The topological polar surface area (TPSA) is 60.5 Å². The van der Waals surface area contributed by atoms with Gasteiger partial charge in [0.25, 0.3) is 5.91 Å². The highest BCUT2D eigenvalue weighted by Gasteiger charge is 2.24. The van der Waals surface area contributed by atoms with Crippen LogP contribution in [-0.4, -0.2) is 24.1 Å². The molecule has 0 spiro atoms. The molecular formula is C23H22N2O3. The number of nitrogens with zero attached hydrogens (tertiary/aromatic N) is 1. The van der Waals surface area contributed by atoms with Crippen molar-refractivity contribution in [2.75, 3.05) is 13.2 Å². The molecule has 2 aromatic carbocycles. The number of hydrogen-bond donors (Lipinski definition) is 1. The zero-order valence-corrected chi connectivity index (χ0v) is 15.9. The summed E-state index contributed by atoms with van der Waals surface area (Å²) in [6.07, 6.45) is 3.50. The molecule has 5 heteroatoms. The molecule has 0 saturated carbocycles. The summed E-state index contributed by atoms with van der Waals surface area (Å²) < 4.78 is 11.3. The maximum absolute atomic E-state index is 13.2. The van der Waals surface area contributed by atoms with E-state index in [1.54, 1.807) is 24.5 Å². The number of hydrogen-bond acceptors (Lipinski definition) is 4. The first-order valence-electron chi connectivity index (χ1n) is 9.30. The highest BCUT2D eigenvalue weighted by Crippen LogP contribution is 2.34. The molecule has 0 saturated heterocycles. The molecule has 2 heterocycles. The van der Waals surface area contributed by atoms with Gasteiger partial charge in [-0.15, -0.1) is 0 Å². The molecule has 0 fully saturated rings. The monoisotopic (exact) mass is 374 g/mol. The normalized spacial score (nSPS) is 13.6. The van der Waals surface area contributed by atoms with Gasteiger partial charge in [0.15, 0.2) is 11.5 Å². The van der Waals surface area contributed by atoms with E-state index in [1.807, 2.05) is 24.3 Å². The molecule has 1 N–H and O–H groups in total. The second-order valence-corrected chi connectivity index (χ2v) is 6.87. The van der Waals surface area contributed by atoms with Crippen molar-refractivity contribution in [3.63, 3.8) is 0 Å². The molecule has 28 heavy (non-hydrogen) atoms. The third-order valence-corrected chi connectivity index (χ3v) is 4.97. The number of nitrogens with one attached hydrogen (secondary N) is 1. The van der Waals surface area contributed by atoms with Gasteiger partial charge in [-0.25, -0.2) is 0 Å². The third-order valence-electron chi connectivity index (χ3n) is 4.97. The summed E-state index contributed by atoms with van der Waals surface area (Å²) in [6, 6.07) is 15.1. The largest absolute Gasteiger partial charge is 0.486 e. The highest BCUT2D eigenvalue weighted by atomic mass is 16.6. The van der Waals surface area contributed by atoms with Gasteiger partial charge in [0, 0.05) is 12.4 Å². The van der Waals surface area contributed by atoms with Crippen molar-refractivity contribution < 1.29 is 14.3 Å². The van der Waals surface area contributed by atoms with Gasteiger partial charge in [-0.2, -0.15) is 0 Å². The van der Waals surface area contributed by atoms with Gasteiger partial charge >= 0.3 is 0 Å². The average molecular weight is 374 g/mol. The molecule has 3 aromatic rings. The van der Waals surface area contributed by atoms with Crippen molar-refractivity contribution in [3.05, 3.63) is 88.7 Å². The predicted molar refractivity (Wildman–Crippen MR) is 107 cm³/mol.